The van der Waals surface area contributed by atoms with Crippen LogP contribution in [0.3, 0.4) is 0 Å². The molecule has 0 spiro atoms. The number of carbonyl (C=O) groups is 1. The van der Waals surface area contributed by atoms with Crippen LogP contribution in [0.25, 0.3) is 10.2 Å². The summed E-state index contributed by atoms with van der Waals surface area (Å²) in [7, 11) is 0. The van der Waals surface area contributed by atoms with Crippen molar-refractivity contribution >= 4 is 50.4 Å². The first-order valence-electron chi connectivity index (χ1n) is 7.50. The SMILES string of the molecule is CCn1c(SCC(=O)C(C#N)c2nc(C)cs2)nc2ccsc2c1=O. The van der Waals surface area contributed by atoms with Crippen LogP contribution >= 0.6 is 34.4 Å². The summed E-state index contributed by atoms with van der Waals surface area (Å²) in [5.41, 5.74) is 1.34. The van der Waals surface area contributed by atoms with E-state index < -0.39 is 5.92 Å². The van der Waals surface area contributed by atoms with Gasteiger partial charge in [0.15, 0.2) is 16.9 Å². The second-order valence-electron chi connectivity index (χ2n) is 5.22. The summed E-state index contributed by atoms with van der Waals surface area (Å²) >= 11 is 3.86. The lowest BCUT2D eigenvalue weighted by Crippen LogP contribution is -2.22. The average molecular weight is 391 g/mol. The molecule has 0 aromatic carbocycles. The first-order chi connectivity index (χ1) is 12.0. The zero-order valence-electron chi connectivity index (χ0n) is 13.6. The van der Waals surface area contributed by atoms with E-state index in [9.17, 15) is 14.9 Å². The number of carbonyl (C=O) groups excluding carboxylic acids is 1. The summed E-state index contributed by atoms with van der Waals surface area (Å²) in [6, 6.07) is 3.83. The summed E-state index contributed by atoms with van der Waals surface area (Å²) in [6.45, 7) is 4.17. The minimum absolute atomic E-state index is 0.0684. The van der Waals surface area contributed by atoms with Crippen molar-refractivity contribution in [2.75, 3.05) is 5.75 Å². The molecule has 0 N–H and O–H groups in total. The van der Waals surface area contributed by atoms with Crippen LogP contribution in [0, 0.1) is 18.3 Å². The highest BCUT2D eigenvalue weighted by Gasteiger charge is 2.24. The van der Waals surface area contributed by atoms with E-state index in [2.05, 4.69) is 9.97 Å². The number of hydrogen-bond donors (Lipinski definition) is 0. The molecule has 3 aromatic rings. The van der Waals surface area contributed by atoms with Crippen LogP contribution in [0.2, 0.25) is 0 Å². The van der Waals surface area contributed by atoms with Crippen molar-refractivity contribution in [2.24, 2.45) is 0 Å². The third-order valence-electron chi connectivity index (χ3n) is 3.53. The van der Waals surface area contributed by atoms with E-state index in [0.29, 0.717) is 26.9 Å². The van der Waals surface area contributed by atoms with Crippen LogP contribution in [0.1, 0.15) is 23.5 Å². The van der Waals surface area contributed by atoms with E-state index >= 15 is 0 Å². The lowest BCUT2D eigenvalue weighted by atomic mass is 10.1. The summed E-state index contributed by atoms with van der Waals surface area (Å²) in [5, 5.41) is 14.0. The monoisotopic (exact) mass is 390 g/mol. The minimum Gasteiger partial charge on any atom is -0.297 e. The highest BCUT2D eigenvalue weighted by Crippen LogP contribution is 2.25. The fraction of sp³-hybridized carbons (Fsp3) is 0.312. The maximum Gasteiger partial charge on any atom is 0.272 e. The molecule has 0 saturated heterocycles. The number of aryl methyl sites for hydroxylation is 1. The first kappa shape index (κ1) is 17.8. The second-order valence-corrected chi connectivity index (χ2v) is 7.97. The van der Waals surface area contributed by atoms with Gasteiger partial charge in [0.25, 0.3) is 5.56 Å². The Morgan fingerprint density at radius 1 is 1.44 bits per heavy atom. The Morgan fingerprint density at radius 3 is 2.88 bits per heavy atom. The van der Waals surface area contributed by atoms with Gasteiger partial charge in [-0.2, -0.15) is 5.26 Å². The van der Waals surface area contributed by atoms with Crippen molar-refractivity contribution in [3.8, 4) is 6.07 Å². The number of nitriles is 1. The van der Waals surface area contributed by atoms with Gasteiger partial charge in [-0.1, -0.05) is 11.8 Å². The van der Waals surface area contributed by atoms with Crippen molar-refractivity contribution in [2.45, 2.75) is 31.5 Å². The van der Waals surface area contributed by atoms with Crippen LogP contribution in [-0.4, -0.2) is 26.1 Å². The minimum atomic E-state index is -0.877. The molecule has 9 heteroatoms. The van der Waals surface area contributed by atoms with E-state index in [1.807, 2.05) is 30.7 Å². The van der Waals surface area contributed by atoms with Crippen molar-refractivity contribution in [3.05, 3.63) is 37.9 Å². The molecule has 6 nitrogen and oxygen atoms in total. The van der Waals surface area contributed by atoms with Gasteiger partial charge in [0.2, 0.25) is 0 Å². The van der Waals surface area contributed by atoms with Crippen LogP contribution in [0.4, 0.5) is 0 Å². The highest BCUT2D eigenvalue weighted by atomic mass is 32.2. The molecule has 3 rings (SSSR count). The van der Waals surface area contributed by atoms with E-state index in [1.54, 1.807) is 10.6 Å². The van der Waals surface area contributed by atoms with Crippen molar-refractivity contribution in [1.82, 2.24) is 14.5 Å². The van der Waals surface area contributed by atoms with Gasteiger partial charge in [0, 0.05) is 17.6 Å². The number of thioether (sulfide) groups is 1. The van der Waals surface area contributed by atoms with Crippen LogP contribution in [0.5, 0.6) is 0 Å². The van der Waals surface area contributed by atoms with Gasteiger partial charge < -0.3 is 0 Å². The Labute approximate surface area is 156 Å². The van der Waals surface area contributed by atoms with Crippen molar-refractivity contribution in [1.29, 1.82) is 5.26 Å². The van der Waals surface area contributed by atoms with Crippen LogP contribution in [-0.2, 0) is 11.3 Å². The summed E-state index contributed by atoms with van der Waals surface area (Å²) in [5.74, 6) is -1.04. The highest BCUT2D eigenvalue weighted by molar-refractivity contribution is 7.99. The quantitative estimate of drug-likeness (QED) is 0.474. The molecule has 1 unspecified atom stereocenters. The van der Waals surface area contributed by atoms with Crippen LogP contribution < -0.4 is 5.56 Å². The Bertz CT molecular complexity index is 1030. The number of nitrogens with zero attached hydrogens (tertiary/aromatic N) is 4. The molecule has 0 saturated carbocycles. The number of fused-ring (bicyclic) bond motifs is 1. The van der Waals surface area contributed by atoms with Gasteiger partial charge in [-0.3, -0.25) is 14.2 Å². The van der Waals surface area contributed by atoms with Crippen molar-refractivity contribution in [3.63, 3.8) is 0 Å². The second kappa shape index (κ2) is 7.47. The smallest absolute Gasteiger partial charge is 0.272 e. The number of thiophene rings is 1. The molecule has 3 aromatic heterocycles. The summed E-state index contributed by atoms with van der Waals surface area (Å²) < 4.78 is 2.18. The number of hydrogen-bond acceptors (Lipinski definition) is 8. The number of aromatic nitrogens is 3. The van der Waals surface area contributed by atoms with Gasteiger partial charge in [0.05, 0.1) is 17.3 Å². The molecule has 0 bridgehead atoms. The fourth-order valence-electron chi connectivity index (χ4n) is 2.30. The topological polar surface area (TPSA) is 88.6 Å². The van der Waals surface area contributed by atoms with Gasteiger partial charge in [-0.05, 0) is 25.3 Å². The van der Waals surface area contributed by atoms with Crippen molar-refractivity contribution < 1.29 is 4.79 Å². The summed E-state index contributed by atoms with van der Waals surface area (Å²) in [6.07, 6.45) is 0. The standard InChI is InChI=1S/C16H14N4O2S3/c1-3-20-15(22)13-11(4-5-23-13)19-16(20)25-8-12(21)10(6-17)14-18-9(2)7-24-14/h4-5,7,10H,3,8H2,1-2H3. The molecule has 1 atom stereocenters. The van der Waals surface area contributed by atoms with E-state index in [4.69, 9.17) is 0 Å². The number of ketones is 1. The Hall–Kier alpha value is -2.02. The first-order valence-corrected chi connectivity index (χ1v) is 10.2. The van der Waals surface area contributed by atoms with Gasteiger partial charge in [-0.25, -0.2) is 9.97 Å². The Morgan fingerprint density at radius 2 is 2.24 bits per heavy atom. The van der Waals surface area contributed by atoms with Gasteiger partial charge in [-0.15, -0.1) is 22.7 Å². The molecular weight excluding hydrogens is 376 g/mol. The maximum absolute atomic E-state index is 12.5. The molecule has 0 fully saturated rings. The van der Waals surface area contributed by atoms with E-state index in [-0.39, 0.29) is 17.1 Å². The maximum atomic E-state index is 12.5. The third-order valence-corrected chi connectivity index (χ3v) is 6.44. The number of rotatable bonds is 6. The molecule has 0 aliphatic heterocycles. The molecule has 0 aliphatic carbocycles. The van der Waals surface area contributed by atoms with Gasteiger partial charge >= 0.3 is 0 Å². The lowest BCUT2D eigenvalue weighted by molar-refractivity contribution is -0.116. The fourth-order valence-corrected chi connectivity index (χ4v) is 4.91. The molecular formula is C16H14N4O2S3. The summed E-state index contributed by atoms with van der Waals surface area (Å²) in [4.78, 5) is 33.7. The number of thiazole rings is 1. The van der Waals surface area contributed by atoms with E-state index in [1.165, 1.54) is 34.4 Å². The van der Waals surface area contributed by atoms with Crippen LogP contribution in [0.15, 0.2) is 26.8 Å². The zero-order chi connectivity index (χ0) is 18.0. The predicted octanol–water partition coefficient (Wildman–Crippen LogP) is 3.21. The lowest BCUT2D eigenvalue weighted by Gasteiger charge is -2.10. The zero-order valence-corrected chi connectivity index (χ0v) is 16.0. The van der Waals surface area contributed by atoms with E-state index in [0.717, 1.165) is 5.69 Å². The average Bonchev–Trinajstić information content (AvgIpc) is 3.23. The number of Topliss-reactive ketones (excluding diaryl/α,β-unsaturated/α-hetero) is 1. The van der Waals surface area contributed by atoms with Gasteiger partial charge in [0.1, 0.15) is 9.71 Å². The molecule has 3 heterocycles. The Kier molecular flexibility index (Phi) is 5.32. The predicted molar refractivity (Wildman–Crippen MR) is 100 cm³/mol. The molecule has 0 radical (unpaired) electrons. The third kappa shape index (κ3) is 3.51. The largest absolute Gasteiger partial charge is 0.297 e. The molecule has 128 valence electrons. The Balaban J connectivity index is 1.83. The normalized spacial score (nSPS) is 12.2. The molecule has 0 amide bonds. The molecule has 25 heavy (non-hydrogen) atoms. The molecule has 0 aliphatic rings.